The Hall–Kier alpha value is -1.98. The third kappa shape index (κ3) is 4.79. The summed E-state index contributed by atoms with van der Waals surface area (Å²) in [6.07, 6.45) is 0.488. The number of carbonyl (C=O) groups excluding carboxylic acids is 1. The van der Waals surface area contributed by atoms with Crippen LogP contribution >= 0.6 is 11.6 Å². The SMILES string of the molecule is O=C(CNCCc1ccccc1F)Nc1ccc(F)c(Cl)c1. The molecule has 0 saturated carbocycles. The third-order valence-corrected chi connectivity index (χ3v) is 3.31. The molecule has 2 aromatic carbocycles. The first-order valence-corrected chi connectivity index (χ1v) is 7.13. The maximum atomic E-state index is 13.4. The van der Waals surface area contributed by atoms with Crippen molar-refractivity contribution >= 4 is 23.2 Å². The molecule has 2 rings (SSSR count). The molecule has 0 aliphatic rings. The van der Waals surface area contributed by atoms with Gasteiger partial charge >= 0.3 is 0 Å². The number of amides is 1. The van der Waals surface area contributed by atoms with Crippen LogP contribution in [0.25, 0.3) is 0 Å². The average Bonchev–Trinajstić information content (AvgIpc) is 2.49. The minimum atomic E-state index is -0.539. The lowest BCUT2D eigenvalue weighted by atomic mass is 10.1. The van der Waals surface area contributed by atoms with Crippen molar-refractivity contribution in [2.45, 2.75) is 6.42 Å². The predicted octanol–water partition coefficient (Wildman–Crippen LogP) is 3.39. The lowest BCUT2D eigenvalue weighted by molar-refractivity contribution is -0.115. The second-order valence-corrected chi connectivity index (χ2v) is 5.10. The van der Waals surface area contributed by atoms with E-state index in [9.17, 15) is 13.6 Å². The highest BCUT2D eigenvalue weighted by Gasteiger charge is 2.05. The van der Waals surface area contributed by atoms with Crippen LogP contribution in [0.4, 0.5) is 14.5 Å². The van der Waals surface area contributed by atoms with Gasteiger partial charge in [0.1, 0.15) is 11.6 Å². The monoisotopic (exact) mass is 324 g/mol. The number of nitrogens with one attached hydrogen (secondary N) is 2. The molecule has 3 nitrogen and oxygen atoms in total. The Morgan fingerprint density at radius 3 is 2.59 bits per heavy atom. The van der Waals surface area contributed by atoms with Gasteiger partial charge in [-0.2, -0.15) is 0 Å². The van der Waals surface area contributed by atoms with Crippen LogP contribution in [0.5, 0.6) is 0 Å². The van der Waals surface area contributed by atoms with Crippen molar-refractivity contribution in [1.29, 1.82) is 0 Å². The van der Waals surface area contributed by atoms with Crippen LogP contribution in [0, 0.1) is 11.6 Å². The summed E-state index contributed by atoms with van der Waals surface area (Å²) in [5, 5.41) is 5.46. The van der Waals surface area contributed by atoms with Crippen LogP contribution in [0.3, 0.4) is 0 Å². The molecule has 0 aromatic heterocycles. The molecule has 0 bridgehead atoms. The first-order chi connectivity index (χ1) is 10.6. The maximum absolute atomic E-state index is 13.4. The quantitative estimate of drug-likeness (QED) is 0.800. The number of rotatable bonds is 6. The molecule has 0 aliphatic heterocycles. The van der Waals surface area contributed by atoms with Gasteiger partial charge in [0.2, 0.25) is 5.91 Å². The van der Waals surface area contributed by atoms with E-state index in [-0.39, 0.29) is 23.3 Å². The first kappa shape index (κ1) is 16.4. The first-order valence-electron chi connectivity index (χ1n) is 6.75. The highest BCUT2D eigenvalue weighted by Crippen LogP contribution is 2.19. The molecule has 2 N–H and O–H groups in total. The summed E-state index contributed by atoms with van der Waals surface area (Å²) in [7, 11) is 0. The summed E-state index contributed by atoms with van der Waals surface area (Å²) in [4.78, 5) is 11.7. The van der Waals surface area contributed by atoms with Gasteiger partial charge in [0.05, 0.1) is 11.6 Å². The summed E-state index contributed by atoms with van der Waals surface area (Å²) in [5.41, 5.74) is 1.02. The fourth-order valence-corrected chi connectivity index (χ4v) is 2.09. The minimum absolute atomic E-state index is 0.0506. The van der Waals surface area contributed by atoms with Crippen molar-refractivity contribution in [2.24, 2.45) is 0 Å². The number of hydrogen-bond acceptors (Lipinski definition) is 2. The van der Waals surface area contributed by atoms with Crippen LogP contribution in [-0.2, 0) is 11.2 Å². The van der Waals surface area contributed by atoms with Gasteiger partial charge in [-0.3, -0.25) is 4.79 Å². The Morgan fingerprint density at radius 1 is 1.09 bits per heavy atom. The van der Waals surface area contributed by atoms with E-state index in [4.69, 9.17) is 11.6 Å². The van der Waals surface area contributed by atoms with Crippen LogP contribution in [0.1, 0.15) is 5.56 Å². The van der Waals surface area contributed by atoms with Crippen molar-refractivity contribution in [2.75, 3.05) is 18.4 Å². The van der Waals surface area contributed by atoms with Crippen LogP contribution in [0.2, 0.25) is 5.02 Å². The van der Waals surface area contributed by atoms with E-state index in [0.29, 0.717) is 24.2 Å². The van der Waals surface area contributed by atoms with Gasteiger partial charge in [-0.25, -0.2) is 8.78 Å². The molecule has 0 atom stereocenters. The van der Waals surface area contributed by atoms with Gasteiger partial charge in [0, 0.05) is 5.69 Å². The lowest BCUT2D eigenvalue weighted by Gasteiger charge is -2.08. The zero-order valence-electron chi connectivity index (χ0n) is 11.7. The molecule has 0 heterocycles. The van der Waals surface area contributed by atoms with E-state index in [1.54, 1.807) is 18.2 Å². The lowest BCUT2D eigenvalue weighted by Crippen LogP contribution is -2.29. The van der Waals surface area contributed by atoms with Crippen LogP contribution < -0.4 is 10.6 Å². The Balaban J connectivity index is 1.74. The molecular weight excluding hydrogens is 310 g/mol. The summed E-state index contributed by atoms with van der Waals surface area (Å²) < 4.78 is 26.4. The van der Waals surface area contributed by atoms with Crippen molar-refractivity contribution in [3.05, 3.63) is 64.7 Å². The van der Waals surface area contributed by atoms with Gasteiger partial charge in [-0.15, -0.1) is 0 Å². The third-order valence-electron chi connectivity index (χ3n) is 3.02. The highest BCUT2D eigenvalue weighted by molar-refractivity contribution is 6.31. The summed E-state index contributed by atoms with van der Waals surface area (Å²) in [6, 6.07) is 10.5. The Kier molecular flexibility index (Phi) is 5.86. The number of hydrogen-bond donors (Lipinski definition) is 2. The van der Waals surface area contributed by atoms with Crippen molar-refractivity contribution in [3.8, 4) is 0 Å². The van der Waals surface area contributed by atoms with Gasteiger partial charge in [-0.1, -0.05) is 29.8 Å². The number of benzene rings is 2. The van der Waals surface area contributed by atoms with Gasteiger partial charge in [0.15, 0.2) is 0 Å². The molecule has 0 aliphatic carbocycles. The van der Waals surface area contributed by atoms with Crippen LogP contribution in [-0.4, -0.2) is 19.0 Å². The molecule has 22 heavy (non-hydrogen) atoms. The molecule has 2 aromatic rings. The standard InChI is InChI=1S/C16H15ClF2N2O/c17-13-9-12(5-6-15(13)19)21-16(22)10-20-8-7-11-3-1-2-4-14(11)18/h1-6,9,20H,7-8,10H2,(H,21,22). The molecule has 6 heteroatoms. The zero-order chi connectivity index (χ0) is 15.9. The Morgan fingerprint density at radius 2 is 1.86 bits per heavy atom. The fraction of sp³-hybridized carbons (Fsp3) is 0.188. The maximum Gasteiger partial charge on any atom is 0.238 e. The second-order valence-electron chi connectivity index (χ2n) is 4.70. The Labute approximate surface area is 132 Å². The Bertz CT molecular complexity index is 664. The summed E-state index contributed by atoms with van der Waals surface area (Å²) >= 11 is 5.63. The van der Waals surface area contributed by atoms with Gasteiger partial charge in [-0.05, 0) is 42.8 Å². The fourth-order valence-electron chi connectivity index (χ4n) is 1.91. The summed E-state index contributed by atoms with van der Waals surface area (Å²) in [5.74, 6) is -1.08. The molecule has 116 valence electrons. The number of carbonyl (C=O) groups is 1. The van der Waals surface area contributed by atoms with E-state index in [2.05, 4.69) is 10.6 Å². The molecule has 0 radical (unpaired) electrons. The molecule has 0 fully saturated rings. The van der Waals surface area contributed by atoms with E-state index >= 15 is 0 Å². The van der Waals surface area contributed by atoms with Gasteiger partial charge in [0.25, 0.3) is 0 Å². The van der Waals surface area contributed by atoms with E-state index in [0.717, 1.165) is 0 Å². The van der Waals surface area contributed by atoms with E-state index in [1.165, 1.54) is 24.3 Å². The summed E-state index contributed by atoms with van der Waals surface area (Å²) in [6.45, 7) is 0.544. The number of halogens is 3. The molecule has 0 saturated heterocycles. The second kappa shape index (κ2) is 7.87. The predicted molar refractivity (Wildman–Crippen MR) is 83.0 cm³/mol. The van der Waals surface area contributed by atoms with Crippen molar-refractivity contribution < 1.29 is 13.6 Å². The number of anilines is 1. The van der Waals surface area contributed by atoms with Crippen molar-refractivity contribution in [3.63, 3.8) is 0 Å². The molecule has 0 spiro atoms. The molecule has 1 amide bonds. The normalized spacial score (nSPS) is 10.5. The zero-order valence-corrected chi connectivity index (χ0v) is 12.5. The molecule has 0 unspecified atom stereocenters. The van der Waals surface area contributed by atoms with Crippen LogP contribution in [0.15, 0.2) is 42.5 Å². The van der Waals surface area contributed by atoms with Gasteiger partial charge < -0.3 is 10.6 Å². The van der Waals surface area contributed by atoms with E-state index in [1.807, 2.05) is 0 Å². The average molecular weight is 325 g/mol. The topological polar surface area (TPSA) is 41.1 Å². The molecular formula is C16H15ClF2N2O. The van der Waals surface area contributed by atoms with E-state index < -0.39 is 5.82 Å². The van der Waals surface area contributed by atoms with Crippen molar-refractivity contribution in [1.82, 2.24) is 5.32 Å². The highest BCUT2D eigenvalue weighted by atomic mass is 35.5. The minimum Gasteiger partial charge on any atom is -0.325 e. The largest absolute Gasteiger partial charge is 0.325 e. The smallest absolute Gasteiger partial charge is 0.238 e.